The van der Waals surface area contributed by atoms with Crippen molar-refractivity contribution >= 4 is 5.69 Å². The van der Waals surface area contributed by atoms with Crippen LogP contribution in [0.5, 0.6) is 5.75 Å². The molecule has 0 saturated heterocycles. The summed E-state index contributed by atoms with van der Waals surface area (Å²) in [6.07, 6.45) is 0.254. The zero-order valence-electron chi connectivity index (χ0n) is 6.77. The van der Waals surface area contributed by atoms with Gasteiger partial charge in [0.05, 0.1) is 11.0 Å². The van der Waals surface area contributed by atoms with E-state index in [4.69, 9.17) is 10.5 Å². The number of rotatable bonds is 1. The first kappa shape index (κ1) is 8.00. The Morgan fingerprint density at radius 3 is 3.08 bits per heavy atom. The van der Waals surface area contributed by atoms with Gasteiger partial charge in [0.1, 0.15) is 5.75 Å². The van der Waals surface area contributed by atoms with Crippen molar-refractivity contribution in [1.82, 2.24) is 0 Å². The normalized spacial score (nSPS) is 19.3. The molecule has 0 fully saturated rings. The van der Waals surface area contributed by atoms with E-state index in [1.807, 2.05) is 0 Å². The lowest BCUT2D eigenvalue weighted by atomic mass is 10.1. The van der Waals surface area contributed by atoms with Gasteiger partial charge in [0.25, 0.3) is 5.69 Å². The average molecular weight is 180 g/mol. The summed E-state index contributed by atoms with van der Waals surface area (Å²) in [5.41, 5.74) is 6.48. The lowest BCUT2D eigenvalue weighted by Crippen LogP contribution is -2.23. The molecule has 0 saturated carbocycles. The molecule has 13 heavy (non-hydrogen) atoms. The van der Waals surface area contributed by atoms with Crippen LogP contribution < -0.4 is 10.5 Å². The molecule has 1 heterocycles. The van der Waals surface area contributed by atoms with E-state index in [-0.39, 0.29) is 11.9 Å². The van der Waals surface area contributed by atoms with Crippen LogP contribution in [0.3, 0.4) is 0 Å². The van der Waals surface area contributed by atoms with Crippen LogP contribution in [0.4, 0.5) is 5.69 Å². The van der Waals surface area contributed by atoms with Crippen LogP contribution in [-0.2, 0) is 6.42 Å². The smallest absolute Gasteiger partial charge is 0.273 e. The summed E-state index contributed by atoms with van der Waals surface area (Å²) in [5.74, 6) is 0.529. The minimum atomic E-state index is -0.451. The summed E-state index contributed by atoms with van der Waals surface area (Å²) in [6.45, 7) is 0. The summed E-state index contributed by atoms with van der Waals surface area (Å²) in [4.78, 5) is 9.95. The van der Waals surface area contributed by atoms with Gasteiger partial charge in [-0.25, -0.2) is 0 Å². The highest BCUT2D eigenvalue weighted by Gasteiger charge is 2.21. The third-order valence-electron chi connectivity index (χ3n) is 1.96. The van der Waals surface area contributed by atoms with Gasteiger partial charge in [-0.05, 0) is 11.6 Å². The number of hydrogen-bond donors (Lipinski definition) is 1. The summed E-state index contributed by atoms with van der Waals surface area (Å²) in [6, 6.07) is 4.54. The maximum Gasteiger partial charge on any atom is 0.273 e. The fraction of sp³-hybridized carbons (Fsp3) is 0.250. The molecule has 68 valence electrons. The zero-order chi connectivity index (χ0) is 9.42. The second-order valence-electron chi connectivity index (χ2n) is 2.91. The van der Waals surface area contributed by atoms with Crippen LogP contribution in [0.15, 0.2) is 18.2 Å². The maximum absolute atomic E-state index is 10.4. The summed E-state index contributed by atoms with van der Waals surface area (Å²) >= 11 is 0. The van der Waals surface area contributed by atoms with Crippen LogP contribution in [0.1, 0.15) is 5.56 Å². The largest absolute Gasteiger partial charge is 0.475 e. The lowest BCUT2D eigenvalue weighted by Gasteiger charge is -2.01. The summed E-state index contributed by atoms with van der Waals surface area (Å²) < 4.78 is 5.17. The minimum Gasteiger partial charge on any atom is -0.475 e. The predicted molar refractivity (Wildman–Crippen MR) is 45.4 cm³/mol. The highest BCUT2D eigenvalue weighted by molar-refractivity contribution is 5.46. The molecular formula is C8H8N2O3. The van der Waals surface area contributed by atoms with Crippen molar-refractivity contribution < 1.29 is 9.66 Å². The Morgan fingerprint density at radius 2 is 2.38 bits per heavy atom. The molecule has 0 radical (unpaired) electrons. The molecule has 5 nitrogen and oxygen atoms in total. The van der Waals surface area contributed by atoms with E-state index in [0.717, 1.165) is 5.56 Å². The molecular weight excluding hydrogens is 172 g/mol. The maximum atomic E-state index is 10.4. The van der Waals surface area contributed by atoms with E-state index in [0.29, 0.717) is 12.2 Å². The van der Waals surface area contributed by atoms with Gasteiger partial charge in [0, 0.05) is 12.5 Å². The van der Waals surface area contributed by atoms with E-state index >= 15 is 0 Å². The molecule has 2 N–H and O–H groups in total. The fourth-order valence-electron chi connectivity index (χ4n) is 1.36. The molecule has 1 aliphatic heterocycles. The standard InChI is InChI=1S/C8H8N2O3/c9-8-3-5-1-2-6(10(11)12)4-7(5)13-8/h1-2,4,8H,3,9H2. The molecule has 1 aliphatic rings. The first-order valence-electron chi connectivity index (χ1n) is 3.86. The van der Waals surface area contributed by atoms with Crippen molar-refractivity contribution in [3.63, 3.8) is 0 Å². The number of nitro benzene ring substituents is 1. The Balaban J connectivity index is 2.40. The summed E-state index contributed by atoms with van der Waals surface area (Å²) in [5, 5.41) is 10.4. The van der Waals surface area contributed by atoms with Gasteiger partial charge in [-0.1, -0.05) is 0 Å². The van der Waals surface area contributed by atoms with Crippen LogP contribution >= 0.6 is 0 Å². The van der Waals surface area contributed by atoms with Gasteiger partial charge in [0.15, 0.2) is 6.23 Å². The SMILES string of the molecule is NC1Cc2ccc([N+](=O)[O-])cc2O1. The molecule has 1 aromatic carbocycles. The Kier molecular flexibility index (Phi) is 1.66. The van der Waals surface area contributed by atoms with Crippen molar-refractivity contribution in [2.45, 2.75) is 12.6 Å². The Hall–Kier alpha value is -1.62. The number of nitrogens with two attached hydrogens (primary N) is 1. The summed E-state index contributed by atoms with van der Waals surface area (Å²) in [7, 11) is 0. The molecule has 1 aromatic rings. The van der Waals surface area contributed by atoms with Gasteiger partial charge in [0.2, 0.25) is 0 Å². The van der Waals surface area contributed by atoms with Gasteiger partial charge < -0.3 is 4.74 Å². The van der Waals surface area contributed by atoms with Crippen molar-refractivity contribution in [2.24, 2.45) is 5.73 Å². The van der Waals surface area contributed by atoms with Gasteiger partial charge in [-0.15, -0.1) is 0 Å². The number of nitro groups is 1. The van der Waals surface area contributed by atoms with E-state index in [2.05, 4.69) is 0 Å². The monoisotopic (exact) mass is 180 g/mol. The molecule has 1 unspecified atom stereocenters. The van der Waals surface area contributed by atoms with E-state index < -0.39 is 4.92 Å². The number of benzene rings is 1. The predicted octanol–water partition coefficient (Wildman–Crippen LogP) is 0.815. The van der Waals surface area contributed by atoms with Crippen LogP contribution in [0, 0.1) is 10.1 Å². The molecule has 0 aromatic heterocycles. The van der Waals surface area contributed by atoms with E-state index in [1.165, 1.54) is 12.1 Å². The Bertz CT molecular complexity index is 364. The number of nitrogens with zero attached hydrogens (tertiary/aromatic N) is 1. The van der Waals surface area contributed by atoms with Crippen molar-refractivity contribution in [3.8, 4) is 5.75 Å². The van der Waals surface area contributed by atoms with E-state index in [1.54, 1.807) is 6.07 Å². The molecule has 0 aliphatic carbocycles. The molecule has 5 heteroatoms. The number of ether oxygens (including phenoxy) is 1. The topological polar surface area (TPSA) is 78.4 Å². The third kappa shape index (κ3) is 1.33. The second kappa shape index (κ2) is 2.70. The highest BCUT2D eigenvalue weighted by Crippen LogP contribution is 2.30. The average Bonchev–Trinajstić information content (AvgIpc) is 2.42. The van der Waals surface area contributed by atoms with Crippen LogP contribution in [-0.4, -0.2) is 11.2 Å². The first-order chi connectivity index (χ1) is 6.16. The highest BCUT2D eigenvalue weighted by atomic mass is 16.6. The minimum absolute atomic E-state index is 0.0350. The zero-order valence-corrected chi connectivity index (χ0v) is 6.77. The fourth-order valence-corrected chi connectivity index (χ4v) is 1.36. The van der Waals surface area contributed by atoms with Crippen LogP contribution in [0.2, 0.25) is 0 Å². The third-order valence-corrected chi connectivity index (χ3v) is 1.96. The molecule has 2 rings (SSSR count). The van der Waals surface area contributed by atoms with Gasteiger partial charge in [-0.3, -0.25) is 15.8 Å². The molecule has 0 amide bonds. The molecule has 1 atom stereocenters. The quantitative estimate of drug-likeness (QED) is 0.512. The van der Waals surface area contributed by atoms with Crippen molar-refractivity contribution in [2.75, 3.05) is 0 Å². The second-order valence-corrected chi connectivity index (χ2v) is 2.91. The number of fused-ring (bicyclic) bond motifs is 1. The number of hydrogen-bond acceptors (Lipinski definition) is 4. The molecule has 0 bridgehead atoms. The van der Waals surface area contributed by atoms with Crippen LogP contribution in [0.25, 0.3) is 0 Å². The lowest BCUT2D eigenvalue weighted by molar-refractivity contribution is -0.384. The Labute approximate surface area is 74.3 Å². The van der Waals surface area contributed by atoms with E-state index in [9.17, 15) is 10.1 Å². The Morgan fingerprint density at radius 1 is 1.62 bits per heavy atom. The van der Waals surface area contributed by atoms with Gasteiger partial charge in [-0.2, -0.15) is 0 Å². The number of non-ortho nitro benzene ring substituents is 1. The van der Waals surface area contributed by atoms with Gasteiger partial charge >= 0.3 is 0 Å². The first-order valence-corrected chi connectivity index (χ1v) is 3.86. The van der Waals surface area contributed by atoms with Crippen molar-refractivity contribution in [3.05, 3.63) is 33.9 Å². The van der Waals surface area contributed by atoms with Crippen molar-refractivity contribution in [1.29, 1.82) is 0 Å². The molecule has 0 spiro atoms.